The van der Waals surface area contributed by atoms with E-state index in [0.717, 1.165) is 11.3 Å². The van der Waals surface area contributed by atoms with Gasteiger partial charge in [0.25, 0.3) is 5.91 Å². The van der Waals surface area contributed by atoms with Crippen LogP contribution >= 0.6 is 11.8 Å². The predicted molar refractivity (Wildman–Crippen MR) is 107 cm³/mol. The molecule has 138 valence electrons. The van der Waals surface area contributed by atoms with Crippen LogP contribution in [-0.2, 0) is 4.79 Å². The Bertz CT molecular complexity index is 747. The first-order valence-electron chi connectivity index (χ1n) is 8.35. The van der Waals surface area contributed by atoms with Crippen LogP contribution in [0.4, 0.5) is 5.69 Å². The summed E-state index contributed by atoms with van der Waals surface area (Å²) in [6.45, 7) is 1.99. The van der Waals surface area contributed by atoms with Gasteiger partial charge in [-0.15, -0.1) is 0 Å². The fourth-order valence-corrected chi connectivity index (χ4v) is 2.91. The Kier molecular flexibility index (Phi) is 7.53. The van der Waals surface area contributed by atoms with Gasteiger partial charge in [0, 0.05) is 5.69 Å². The maximum Gasteiger partial charge on any atom is 0.255 e. The van der Waals surface area contributed by atoms with Crippen LogP contribution in [0.3, 0.4) is 0 Å². The molecule has 0 unspecified atom stereocenters. The van der Waals surface area contributed by atoms with E-state index < -0.39 is 6.04 Å². The zero-order chi connectivity index (χ0) is 18.9. The van der Waals surface area contributed by atoms with Gasteiger partial charge >= 0.3 is 0 Å². The van der Waals surface area contributed by atoms with E-state index in [1.807, 2.05) is 37.4 Å². The minimum absolute atomic E-state index is 0.230. The standard InChI is InChI=1S/C20H24N2O3S/c1-14-8-10-15(11-9-14)21-20(24)17(12-13-26-3)22-19(23)16-6-4-5-7-18(16)25-2/h4-11,17H,12-13H2,1-3H3,(H,21,24)(H,22,23)/t17-/m0/s1. The van der Waals surface area contributed by atoms with Crippen molar-refractivity contribution in [1.29, 1.82) is 0 Å². The van der Waals surface area contributed by atoms with E-state index in [1.54, 1.807) is 36.0 Å². The van der Waals surface area contributed by atoms with Gasteiger partial charge in [0.05, 0.1) is 12.7 Å². The zero-order valence-electron chi connectivity index (χ0n) is 15.2. The van der Waals surface area contributed by atoms with Crippen molar-refractivity contribution in [1.82, 2.24) is 5.32 Å². The monoisotopic (exact) mass is 372 g/mol. The summed E-state index contributed by atoms with van der Waals surface area (Å²) in [6.07, 6.45) is 2.51. The van der Waals surface area contributed by atoms with Gasteiger partial charge in [0.15, 0.2) is 0 Å². The van der Waals surface area contributed by atoms with Crippen molar-refractivity contribution in [2.75, 3.05) is 24.4 Å². The topological polar surface area (TPSA) is 67.4 Å². The Hall–Kier alpha value is -2.47. The van der Waals surface area contributed by atoms with Crippen molar-refractivity contribution in [3.63, 3.8) is 0 Å². The number of amides is 2. The molecule has 0 spiro atoms. The fraction of sp³-hybridized carbons (Fsp3) is 0.300. The van der Waals surface area contributed by atoms with Crippen molar-refractivity contribution in [2.45, 2.75) is 19.4 Å². The maximum absolute atomic E-state index is 12.7. The Morgan fingerprint density at radius 1 is 1.12 bits per heavy atom. The maximum atomic E-state index is 12.7. The molecule has 0 bridgehead atoms. The Morgan fingerprint density at radius 3 is 2.46 bits per heavy atom. The minimum Gasteiger partial charge on any atom is -0.496 e. The highest BCUT2D eigenvalue weighted by Gasteiger charge is 2.22. The lowest BCUT2D eigenvalue weighted by atomic mass is 10.1. The van der Waals surface area contributed by atoms with Crippen LogP contribution in [0.25, 0.3) is 0 Å². The molecule has 0 saturated carbocycles. The average Bonchev–Trinajstić information content (AvgIpc) is 2.66. The van der Waals surface area contributed by atoms with Gasteiger partial charge in [-0.3, -0.25) is 9.59 Å². The number of hydrogen-bond acceptors (Lipinski definition) is 4. The SMILES string of the molecule is COc1ccccc1C(=O)N[C@@H](CCSC)C(=O)Nc1ccc(C)cc1. The summed E-state index contributed by atoms with van der Waals surface area (Å²) in [6, 6.07) is 13.9. The highest BCUT2D eigenvalue weighted by Crippen LogP contribution is 2.18. The highest BCUT2D eigenvalue weighted by atomic mass is 32.2. The number of nitrogens with one attached hydrogen (secondary N) is 2. The third-order valence-corrected chi connectivity index (χ3v) is 4.55. The van der Waals surface area contributed by atoms with Crippen LogP contribution in [0.2, 0.25) is 0 Å². The number of para-hydroxylation sites is 1. The van der Waals surface area contributed by atoms with Crippen molar-refractivity contribution in [3.8, 4) is 5.75 Å². The molecular weight excluding hydrogens is 348 g/mol. The molecule has 1 atom stereocenters. The molecular formula is C20H24N2O3S. The van der Waals surface area contributed by atoms with E-state index in [0.29, 0.717) is 23.4 Å². The summed E-state index contributed by atoms with van der Waals surface area (Å²) in [4.78, 5) is 25.3. The average molecular weight is 372 g/mol. The van der Waals surface area contributed by atoms with Crippen molar-refractivity contribution in [3.05, 3.63) is 59.7 Å². The second-order valence-electron chi connectivity index (χ2n) is 5.86. The van der Waals surface area contributed by atoms with Crippen molar-refractivity contribution < 1.29 is 14.3 Å². The highest BCUT2D eigenvalue weighted by molar-refractivity contribution is 7.98. The second-order valence-corrected chi connectivity index (χ2v) is 6.85. The molecule has 2 aromatic rings. The van der Waals surface area contributed by atoms with Crippen LogP contribution in [0.15, 0.2) is 48.5 Å². The lowest BCUT2D eigenvalue weighted by molar-refractivity contribution is -0.118. The molecule has 2 amide bonds. The summed E-state index contributed by atoms with van der Waals surface area (Å²) in [5, 5.41) is 5.70. The number of aryl methyl sites for hydroxylation is 1. The molecule has 0 radical (unpaired) electrons. The summed E-state index contributed by atoms with van der Waals surface area (Å²) < 4.78 is 5.23. The van der Waals surface area contributed by atoms with Crippen LogP contribution in [-0.4, -0.2) is 37.0 Å². The summed E-state index contributed by atoms with van der Waals surface area (Å²) in [5.74, 6) is 0.685. The number of methoxy groups -OCH3 is 1. The Balaban J connectivity index is 2.11. The van der Waals surface area contributed by atoms with Gasteiger partial charge in [-0.2, -0.15) is 11.8 Å². The molecule has 0 saturated heterocycles. The van der Waals surface area contributed by atoms with E-state index in [1.165, 1.54) is 7.11 Å². The molecule has 0 fully saturated rings. The first-order valence-corrected chi connectivity index (χ1v) is 9.75. The molecule has 0 heterocycles. The Morgan fingerprint density at radius 2 is 1.81 bits per heavy atom. The third-order valence-electron chi connectivity index (χ3n) is 3.90. The van der Waals surface area contributed by atoms with Crippen LogP contribution in [0, 0.1) is 6.92 Å². The van der Waals surface area contributed by atoms with Gasteiger partial charge in [-0.1, -0.05) is 29.8 Å². The van der Waals surface area contributed by atoms with Gasteiger partial charge in [0.2, 0.25) is 5.91 Å². The van der Waals surface area contributed by atoms with E-state index >= 15 is 0 Å². The molecule has 0 aliphatic heterocycles. The lowest BCUT2D eigenvalue weighted by Gasteiger charge is -2.19. The van der Waals surface area contributed by atoms with Gasteiger partial charge in [-0.05, 0) is 49.6 Å². The molecule has 2 aromatic carbocycles. The molecule has 5 nitrogen and oxygen atoms in total. The number of hydrogen-bond donors (Lipinski definition) is 2. The number of carbonyl (C=O) groups is 2. The molecule has 2 rings (SSSR count). The van der Waals surface area contributed by atoms with E-state index in [4.69, 9.17) is 4.74 Å². The Labute approximate surface area is 158 Å². The van der Waals surface area contributed by atoms with Crippen LogP contribution in [0.5, 0.6) is 5.75 Å². The smallest absolute Gasteiger partial charge is 0.255 e. The number of anilines is 1. The number of thioether (sulfide) groups is 1. The van der Waals surface area contributed by atoms with Crippen molar-refractivity contribution in [2.24, 2.45) is 0 Å². The third kappa shape index (κ3) is 5.52. The van der Waals surface area contributed by atoms with E-state index in [-0.39, 0.29) is 11.8 Å². The van der Waals surface area contributed by atoms with Crippen molar-refractivity contribution >= 4 is 29.3 Å². The zero-order valence-corrected chi connectivity index (χ0v) is 16.1. The molecule has 0 aliphatic carbocycles. The van der Waals surface area contributed by atoms with Crippen LogP contribution < -0.4 is 15.4 Å². The van der Waals surface area contributed by atoms with Gasteiger partial charge < -0.3 is 15.4 Å². The first kappa shape index (κ1) is 19.8. The van der Waals surface area contributed by atoms with E-state index in [2.05, 4.69) is 10.6 Å². The van der Waals surface area contributed by atoms with Gasteiger partial charge in [0.1, 0.15) is 11.8 Å². The lowest BCUT2D eigenvalue weighted by Crippen LogP contribution is -2.44. The molecule has 6 heteroatoms. The number of carbonyl (C=O) groups excluding carboxylic acids is 2. The molecule has 0 aromatic heterocycles. The quantitative estimate of drug-likeness (QED) is 0.744. The predicted octanol–water partition coefficient (Wildman–Crippen LogP) is 3.49. The number of ether oxygens (including phenoxy) is 1. The number of benzene rings is 2. The molecule has 2 N–H and O–H groups in total. The second kappa shape index (κ2) is 9.87. The van der Waals surface area contributed by atoms with E-state index in [9.17, 15) is 9.59 Å². The molecule has 0 aliphatic rings. The minimum atomic E-state index is -0.624. The van der Waals surface area contributed by atoms with Crippen LogP contribution in [0.1, 0.15) is 22.3 Å². The number of rotatable bonds is 8. The first-order chi connectivity index (χ1) is 12.5. The normalized spacial score (nSPS) is 11.5. The summed E-state index contributed by atoms with van der Waals surface area (Å²) >= 11 is 1.63. The van der Waals surface area contributed by atoms with Gasteiger partial charge in [-0.25, -0.2) is 0 Å². The summed E-state index contributed by atoms with van der Waals surface area (Å²) in [5.41, 5.74) is 2.24. The largest absolute Gasteiger partial charge is 0.496 e. The fourth-order valence-electron chi connectivity index (χ4n) is 2.44. The molecule has 26 heavy (non-hydrogen) atoms. The summed E-state index contributed by atoms with van der Waals surface area (Å²) in [7, 11) is 1.52.